The van der Waals surface area contributed by atoms with Crippen LogP contribution in [0.3, 0.4) is 0 Å². The standard InChI is InChI=1S/C14H18N4O2/c1-10-11(8-16-18(10)2)7-15-12-4-3-5-13(6-12)17-14(20)9-19/h3-6,8,15,19H,7,9H2,1-2H3,(H,17,20). The van der Waals surface area contributed by atoms with Crippen molar-refractivity contribution in [3.63, 3.8) is 0 Å². The highest BCUT2D eigenvalue weighted by molar-refractivity contribution is 5.91. The van der Waals surface area contributed by atoms with Gasteiger partial charge in [0.05, 0.1) is 6.20 Å². The molecule has 106 valence electrons. The van der Waals surface area contributed by atoms with Gasteiger partial charge in [-0.15, -0.1) is 0 Å². The Morgan fingerprint density at radius 2 is 2.15 bits per heavy atom. The average molecular weight is 274 g/mol. The number of benzene rings is 1. The predicted octanol–water partition coefficient (Wildman–Crippen LogP) is 1.27. The molecule has 0 radical (unpaired) electrons. The van der Waals surface area contributed by atoms with E-state index in [2.05, 4.69) is 15.7 Å². The van der Waals surface area contributed by atoms with Crippen molar-refractivity contribution in [1.29, 1.82) is 0 Å². The number of aliphatic hydroxyl groups is 1. The molecule has 0 spiro atoms. The Labute approximate surface area is 117 Å². The molecule has 0 saturated carbocycles. The third-order valence-electron chi connectivity index (χ3n) is 3.11. The number of nitrogens with zero attached hydrogens (tertiary/aromatic N) is 2. The normalized spacial score (nSPS) is 10.3. The van der Waals surface area contributed by atoms with Gasteiger partial charge in [-0.05, 0) is 25.1 Å². The smallest absolute Gasteiger partial charge is 0.250 e. The molecule has 2 rings (SSSR count). The molecule has 20 heavy (non-hydrogen) atoms. The third-order valence-corrected chi connectivity index (χ3v) is 3.11. The first kappa shape index (κ1) is 14.1. The summed E-state index contributed by atoms with van der Waals surface area (Å²) in [4.78, 5) is 11.1. The fourth-order valence-electron chi connectivity index (χ4n) is 1.82. The molecule has 0 aliphatic heterocycles. The topological polar surface area (TPSA) is 79.2 Å². The number of hydrogen-bond donors (Lipinski definition) is 3. The lowest BCUT2D eigenvalue weighted by atomic mass is 10.2. The summed E-state index contributed by atoms with van der Waals surface area (Å²) in [6.45, 7) is 2.16. The van der Waals surface area contributed by atoms with Gasteiger partial charge in [0.1, 0.15) is 6.61 Å². The second-order valence-electron chi connectivity index (χ2n) is 4.52. The monoisotopic (exact) mass is 274 g/mol. The molecule has 6 nitrogen and oxygen atoms in total. The first-order valence-corrected chi connectivity index (χ1v) is 6.32. The minimum absolute atomic E-state index is 0.426. The van der Waals surface area contributed by atoms with Crippen LogP contribution in [0.4, 0.5) is 11.4 Å². The molecule has 0 atom stereocenters. The van der Waals surface area contributed by atoms with E-state index in [4.69, 9.17) is 5.11 Å². The number of rotatable bonds is 5. The van der Waals surface area contributed by atoms with Crippen molar-refractivity contribution < 1.29 is 9.90 Å². The van der Waals surface area contributed by atoms with Crippen molar-refractivity contribution in [1.82, 2.24) is 9.78 Å². The zero-order valence-corrected chi connectivity index (χ0v) is 11.6. The Hall–Kier alpha value is -2.34. The second kappa shape index (κ2) is 6.21. The number of hydrogen-bond acceptors (Lipinski definition) is 4. The Kier molecular flexibility index (Phi) is 4.37. The first-order valence-electron chi connectivity index (χ1n) is 6.32. The van der Waals surface area contributed by atoms with E-state index in [-0.39, 0.29) is 0 Å². The number of nitrogens with one attached hydrogen (secondary N) is 2. The maximum absolute atomic E-state index is 11.1. The fraction of sp³-hybridized carbons (Fsp3) is 0.286. The van der Waals surface area contributed by atoms with E-state index in [0.29, 0.717) is 12.2 Å². The minimum Gasteiger partial charge on any atom is -0.387 e. The van der Waals surface area contributed by atoms with Gasteiger partial charge < -0.3 is 15.7 Å². The number of carbonyl (C=O) groups is 1. The van der Waals surface area contributed by atoms with Crippen molar-refractivity contribution >= 4 is 17.3 Å². The van der Waals surface area contributed by atoms with Crippen LogP contribution in [0.5, 0.6) is 0 Å². The lowest BCUT2D eigenvalue weighted by Gasteiger charge is -2.09. The molecule has 6 heteroatoms. The van der Waals surface area contributed by atoms with Crippen LogP contribution in [0, 0.1) is 6.92 Å². The van der Waals surface area contributed by atoms with Gasteiger partial charge in [0.15, 0.2) is 0 Å². The zero-order chi connectivity index (χ0) is 14.5. The number of aromatic nitrogens is 2. The highest BCUT2D eigenvalue weighted by Crippen LogP contribution is 2.16. The summed E-state index contributed by atoms with van der Waals surface area (Å²) in [6.07, 6.45) is 1.83. The molecular formula is C14H18N4O2. The summed E-state index contributed by atoms with van der Waals surface area (Å²) in [5, 5.41) is 18.8. The van der Waals surface area contributed by atoms with E-state index in [0.717, 1.165) is 16.9 Å². The zero-order valence-electron chi connectivity index (χ0n) is 11.6. The van der Waals surface area contributed by atoms with Gasteiger partial charge >= 0.3 is 0 Å². The van der Waals surface area contributed by atoms with E-state index in [1.165, 1.54) is 0 Å². The molecule has 0 aliphatic rings. The largest absolute Gasteiger partial charge is 0.387 e. The fourth-order valence-corrected chi connectivity index (χ4v) is 1.82. The highest BCUT2D eigenvalue weighted by atomic mass is 16.3. The van der Waals surface area contributed by atoms with Crippen molar-refractivity contribution in [2.24, 2.45) is 7.05 Å². The van der Waals surface area contributed by atoms with Crippen molar-refractivity contribution in [2.75, 3.05) is 17.2 Å². The van der Waals surface area contributed by atoms with Crippen molar-refractivity contribution in [2.45, 2.75) is 13.5 Å². The van der Waals surface area contributed by atoms with E-state index in [9.17, 15) is 4.79 Å². The maximum atomic E-state index is 11.1. The van der Waals surface area contributed by atoms with Crippen LogP contribution in [0.2, 0.25) is 0 Å². The summed E-state index contributed by atoms with van der Waals surface area (Å²) >= 11 is 0. The van der Waals surface area contributed by atoms with Gasteiger partial charge in [-0.3, -0.25) is 9.48 Å². The van der Waals surface area contributed by atoms with E-state index < -0.39 is 12.5 Å². The summed E-state index contributed by atoms with van der Waals surface area (Å²) in [6, 6.07) is 7.35. The summed E-state index contributed by atoms with van der Waals surface area (Å²) in [5.74, 6) is -0.426. The summed E-state index contributed by atoms with van der Waals surface area (Å²) in [7, 11) is 1.91. The lowest BCUT2D eigenvalue weighted by molar-refractivity contribution is -0.118. The third kappa shape index (κ3) is 3.36. The molecule has 0 aliphatic carbocycles. The van der Waals surface area contributed by atoms with Gasteiger partial charge in [-0.25, -0.2) is 0 Å². The van der Waals surface area contributed by atoms with Gasteiger partial charge in [0.25, 0.3) is 0 Å². The minimum atomic E-state index is -0.521. The first-order chi connectivity index (χ1) is 9.60. The van der Waals surface area contributed by atoms with E-state index >= 15 is 0 Å². The molecule has 1 heterocycles. The van der Waals surface area contributed by atoms with Gasteiger partial charge in [-0.1, -0.05) is 6.07 Å². The molecule has 1 amide bonds. The molecule has 0 fully saturated rings. The van der Waals surface area contributed by atoms with Crippen LogP contribution in [0.25, 0.3) is 0 Å². The van der Waals surface area contributed by atoms with E-state index in [1.54, 1.807) is 6.07 Å². The van der Waals surface area contributed by atoms with Crippen LogP contribution in [0.15, 0.2) is 30.5 Å². The van der Waals surface area contributed by atoms with Gasteiger partial charge in [0, 0.05) is 36.2 Å². The summed E-state index contributed by atoms with van der Waals surface area (Å²) < 4.78 is 1.83. The van der Waals surface area contributed by atoms with Crippen LogP contribution in [-0.2, 0) is 18.4 Å². The molecule has 1 aromatic carbocycles. The quantitative estimate of drug-likeness (QED) is 0.767. The molecule has 3 N–H and O–H groups in total. The summed E-state index contributed by atoms with van der Waals surface area (Å²) in [5.41, 5.74) is 3.78. The molecule has 0 saturated heterocycles. The molecular weight excluding hydrogens is 256 g/mol. The number of amides is 1. The SMILES string of the molecule is Cc1c(CNc2cccc(NC(=O)CO)c2)cnn1C. The van der Waals surface area contributed by atoms with Crippen LogP contribution in [-0.4, -0.2) is 27.4 Å². The lowest BCUT2D eigenvalue weighted by Crippen LogP contribution is -2.15. The molecule has 0 unspecified atom stereocenters. The van der Waals surface area contributed by atoms with Crippen LogP contribution < -0.4 is 10.6 Å². The number of carbonyl (C=O) groups excluding carboxylic acids is 1. The predicted molar refractivity (Wildman–Crippen MR) is 77.4 cm³/mol. The Morgan fingerprint density at radius 3 is 2.80 bits per heavy atom. The molecule has 0 bridgehead atoms. The maximum Gasteiger partial charge on any atom is 0.250 e. The van der Waals surface area contributed by atoms with Gasteiger partial charge in [0.2, 0.25) is 5.91 Å². The highest BCUT2D eigenvalue weighted by Gasteiger charge is 2.04. The second-order valence-corrected chi connectivity index (χ2v) is 4.52. The van der Waals surface area contributed by atoms with E-state index in [1.807, 2.05) is 43.0 Å². The van der Waals surface area contributed by atoms with Crippen LogP contribution in [0.1, 0.15) is 11.3 Å². The number of anilines is 2. The number of aliphatic hydroxyl groups excluding tert-OH is 1. The molecule has 2 aromatic rings. The Morgan fingerprint density at radius 1 is 1.40 bits per heavy atom. The number of aryl methyl sites for hydroxylation is 1. The van der Waals surface area contributed by atoms with Gasteiger partial charge in [-0.2, -0.15) is 5.10 Å². The molecule has 1 aromatic heterocycles. The Bertz CT molecular complexity index is 607. The van der Waals surface area contributed by atoms with Crippen molar-refractivity contribution in [3.05, 3.63) is 41.7 Å². The van der Waals surface area contributed by atoms with Crippen molar-refractivity contribution in [3.8, 4) is 0 Å². The average Bonchev–Trinajstić information content (AvgIpc) is 2.77. The van der Waals surface area contributed by atoms with Crippen LogP contribution >= 0.6 is 0 Å². The Balaban J connectivity index is 2.01.